The van der Waals surface area contributed by atoms with Crippen molar-refractivity contribution in [3.05, 3.63) is 41.7 Å². The Kier molecular flexibility index (Phi) is 5.35. The number of halogens is 1. The van der Waals surface area contributed by atoms with E-state index < -0.39 is 0 Å². The van der Waals surface area contributed by atoms with Crippen LogP contribution in [0, 0.1) is 12.7 Å². The number of hydrogen-bond acceptors (Lipinski definition) is 2. The summed E-state index contributed by atoms with van der Waals surface area (Å²) in [6, 6.07) is 3.68. The van der Waals surface area contributed by atoms with Crippen molar-refractivity contribution in [1.29, 1.82) is 0 Å². The first-order valence-electron chi connectivity index (χ1n) is 7.08. The Morgan fingerprint density at radius 1 is 1.40 bits per heavy atom. The number of nitrogens with one attached hydrogen (secondary N) is 1. The minimum atomic E-state index is -0.154. The van der Waals surface area contributed by atoms with Gasteiger partial charge in [-0.25, -0.2) is 4.39 Å². The van der Waals surface area contributed by atoms with Crippen LogP contribution in [0.1, 0.15) is 44.9 Å². The Balaban J connectivity index is 3.46. The molecule has 1 aromatic rings. The summed E-state index contributed by atoms with van der Waals surface area (Å²) >= 11 is 0. The summed E-state index contributed by atoms with van der Waals surface area (Å²) in [6.45, 7) is 14.9. The first-order chi connectivity index (χ1) is 9.22. The lowest BCUT2D eigenvalue weighted by molar-refractivity contribution is 0.515. The third kappa shape index (κ3) is 3.60. The van der Waals surface area contributed by atoms with Crippen LogP contribution >= 0.6 is 0 Å². The molecule has 20 heavy (non-hydrogen) atoms. The molecule has 0 saturated heterocycles. The number of anilines is 1. The van der Waals surface area contributed by atoms with E-state index in [1.165, 1.54) is 0 Å². The molecule has 0 aliphatic heterocycles. The van der Waals surface area contributed by atoms with E-state index in [4.69, 9.17) is 0 Å². The number of hydrogen-bond donors (Lipinski definition) is 1. The van der Waals surface area contributed by atoms with E-state index >= 15 is 0 Å². The maximum atomic E-state index is 13.9. The molecule has 1 aromatic carbocycles. The summed E-state index contributed by atoms with van der Waals surface area (Å²) in [5.74, 6) is -0.154. The molecule has 0 aliphatic rings. The highest BCUT2D eigenvalue weighted by molar-refractivity contribution is 5.59. The molecule has 1 unspecified atom stereocenters. The molecule has 1 rings (SSSR count). The Morgan fingerprint density at radius 2 is 2.00 bits per heavy atom. The molecule has 0 amide bonds. The molecule has 0 spiro atoms. The standard InChI is InChI=1S/C17H27FN2/c1-8-9-20(17(4,5)6)16-10-12(2)15(18)11-14(16)13(3)19-7/h8,10-11,13,19H,1,9H2,2-7H3. The maximum Gasteiger partial charge on any atom is 0.126 e. The second-order valence-corrected chi connectivity index (χ2v) is 6.24. The average Bonchev–Trinajstić information content (AvgIpc) is 2.36. The highest BCUT2D eigenvalue weighted by Crippen LogP contribution is 2.33. The molecule has 0 fully saturated rings. The molecular formula is C17H27FN2. The summed E-state index contributed by atoms with van der Waals surface area (Å²) in [6.07, 6.45) is 1.89. The fourth-order valence-electron chi connectivity index (χ4n) is 2.28. The van der Waals surface area contributed by atoms with E-state index in [0.717, 1.165) is 17.8 Å². The molecule has 0 aromatic heterocycles. The van der Waals surface area contributed by atoms with Gasteiger partial charge in [0.15, 0.2) is 0 Å². The van der Waals surface area contributed by atoms with Gasteiger partial charge in [0.2, 0.25) is 0 Å². The van der Waals surface area contributed by atoms with Gasteiger partial charge in [-0.3, -0.25) is 0 Å². The van der Waals surface area contributed by atoms with Gasteiger partial charge in [-0.2, -0.15) is 0 Å². The molecule has 1 N–H and O–H groups in total. The molecule has 0 heterocycles. The van der Waals surface area contributed by atoms with Crippen LogP contribution in [0.3, 0.4) is 0 Å². The van der Waals surface area contributed by atoms with Crippen LogP contribution in [0.2, 0.25) is 0 Å². The highest BCUT2D eigenvalue weighted by atomic mass is 19.1. The van der Waals surface area contributed by atoms with Gasteiger partial charge in [0.1, 0.15) is 5.82 Å². The largest absolute Gasteiger partial charge is 0.363 e. The molecule has 112 valence electrons. The maximum absolute atomic E-state index is 13.9. The predicted octanol–water partition coefficient (Wildman–Crippen LogP) is 4.21. The van der Waals surface area contributed by atoms with Crippen molar-refractivity contribution in [2.45, 2.75) is 46.2 Å². The molecule has 2 nitrogen and oxygen atoms in total. The summed E-state index contributed by atoms with van der Waals surface area (Å²) < 4.78 is 13.9. The Labute approximate surface area is 122 Å². The molecule has 0 saturated carbocycles. The van der Waals surface area contributed by atoms with Gasteiger partial charge < -0.3 is 10.2 Å². The van der Waals surface area contributed by atoms with E-state index in [1.807, 2.05) is 26.1 Å². The Bertz CT molecular complexity index is 475. The molecule has 0 bridgehead atoms. The fourth-order valence-corrected chi connectivity index (χ4v) is 2.28. The number of nitrogens with zero attached hydrogens (tertiary/aromatic N) is 1. The quantitative estimate of drug-likeness (QED) is 0.812. The number of aryl methyl sites for hydroxylation is 1. The zero-order valence-electron chi connectivity index (χ0n) is 13.5. The Morgan fingerprint density at radius 3 is 2.45 bits per heavy atom. The lowest BCUT2D eigenvalue weighted by Crippen LogP contribution is -2.42. The monoisotopic (exact) mass is 278 g/mol. The zero-order valence-corrected chi connectivity index (χ0v) is 13.5. The third-order valence-electron chi connectivity index (χ3n) is 3.62. The predicted molar refractivity (Wildman–Crippen MR) is 85.9 cm³/mol. The normalized spacial score (nSPS) is 13.2. The van der Waals surface area contributed by atoms with E-state index in [0.29, 0.717) is 5.56 Å². The van der Waals surface area contributed by atoms with Gasteiger partial charge >= 0.3 is 0 Å². The molecule has 1 atom stereocenters. The minimum absolute atomic E-state index is 0.0549. The molecule has 0 radical (unpaired) electrons. The third-order valence-corrected chi connectivity index (χ3v) is 3.62. The van der Waals surface area contributed by atoms with Crippen molar-refractivity contribution in [2.75, 3.05) is 18.5 Å². The van der Waals surface area contributed by atoms with Crippen LogP contribution < -0.4 is 10.2 Å². The fraction of sp³-hybridized carbons (Fsp3) is 0.529. The highest BCUT2D eigenvalue weighted by Gasteiger charge is 2.25. The van der Waals surface area contributed by atoms with Crippen molar-refractivity contribution < 1.29 is 4.39 Å². The number of benzene rings is 1. The van der Waals surface area contributed by atoms with Crippen LogP contribution in [0.15, 0.2) is 24.8 Å². The SMILES string of the molecule is C=CCN(c1cc(C)c(F)cc1C(C)NC)C(C)(C)C. The van der Waals surface area contributed by atoms with Gasteiger partial charge in [0.05, 0.1) is 0 Å². The van der Waals surface area contributed by atoms with Crippen molar-refractivity contribution >= 4 is 5.69 Å². The summed E-state index contributed by atoms with van der Waals surface area (Å²) in [4.78, 5) is 2.26. The van der Waals surface area contributed by atoms with E-state index in [9.17, 15) is 4.39 Å². The van der Waals surface area contributed by atoms with Gasteiger partial charge in [0.25, 0.3) is 0 Å². The van der Waals surface area contributed by atoms with Gasteiger partial charge in [-0.05, 0) is 64.9 Å². The van der Waals surface area contributed by atoms with Crippen LogP contribution in [0.5, 0.6) is 0 Å². The summed E-state index contributed by atoms with van der Waals surface area (Å²) in [7, 11) is 1.89. The van der Waals surface area contributed by atoms with Crippen LogP contribution in [-0.2, 0) is 0 Å². The van der Waals surface area contributed by atoms with E-state index in [-0.39, 0.29) is 17.4 Å². The van der Waals surface area contributed by atoms with Gasteiger partial charge in [0, 0.05) is 23.8 Å². The second kappa shape index (κ2) is 6.40. The van der Waals surface area contributed by atoms with Crippen LogP contribution in [0.25, 0.3) is 0 Å². The van der Waals surface area contributed by atoms with Crippen LogP contribution in [-0.4, -0.2) is 19.1 Å². The van der Waals surface area contributed by atoms with E-state index in [1.54, 1.807) is 13.0 Å². The lowest BCUT2D eigenvalue weighted by Gasteiger charge is -2.39. The van der Waals surface area contributed by atoms with Crippen molar-refractivity contribution in [1.82, 2.24) is 5.32 Å². The Hall–Kier alpha value is -1.35. The zero-order chi connectivity index (χ0) is 15.5. The van der Waals surface area contributed by atoms with Crippen molar-refractivity contribution in [2.24, 2.45) is 0 Å². The average molecular weight is 278 g/mol. The first-order valence-corrected chi connectivity index (χ1v) is 7.08. The number of rotatable bonds is 5. The topological polar surface area (TPSA) is 15.3 Å². The molecule has 3 heteroatoms. The summed E-state index contributed by atoms with van der Waals surface area (Å²) in [5.41, 5.74) is 2.66. The van der Waals surface area contributed by atoms with Crippen LogP contribution in [0.4, 0.5) is 10.1 Å². The van der Waals surface area contributed by atoms with Crippen molar-refractivity contribution in [3.63, 3.8) is 0 Å². The minimum Gasteiger partial charge on any atom is -0.363 e. The molecule has 0 aliphatic carbocycles. The molecular weight excluding hydrogens is 251 g/mol. The smallest absolute Gasteiger partial charge is 0.126 e. The second-order valence-electron chi connectivity index (χ2n) is 6.24. The summed E-state index contributed by atoms with van der Waals surface area (Å²) in [5, 5.41) is 3.20. The first kappa shape index (κ1) is 16.7. The van der Waals surface area contributed by atoms with Gasteiger partial charge in [-0.15, -0.1) is 6.58 Å². The van der Waals surface area contributed by atoms with Gasteiger partial charge in [-0.1, -0.05) is 6.08 Å². The van der Waals surface area contributed by atoms with E-state index in [2.05, 4.69) is 37.6 Å². The van der Waals surface area contributed by atoms with Crippen molar-refractivity contribution in [3.8, 4) is 0 Å². The lowest BCUT2D eigenvalue weighted by atomic mass is 9.97.